The van der Waals surface area contributed by atoms with Crippen LogP contribution in [0, 0.1) is 0 Å². The van der Waals surface area contributed by atoms with E-state index in [1.165, 1.54) is 11.8 Å². The highest BCUT2D eigenvalue weighted by Gasteiger charge is 2.31. The molecule has 5 amide bonds. The Labute approximate surface area is 205 Å². The number of carbonyl (C=O) groups excluding carboxylic acids is 5. The summed E-state index contributed by atoms with van der Waals surface area (Å²) in [6.07, 6.45) is -0.0777. The molecule has 35 heavy (non-hydrogen) atoms. The van der Waals surface area contributed by atoms with E-state index in [0.29, 0.717) is 5.75 Å². The molecule has 0 aliphatic carbocycles. The molecule has 0 radical (unpaired) electrons. The molecule has 198 valence electrons. The number of carboxylic acids is 2. The Bertz CT molecular complexity index is 810. The highest BCUT2D eigenvalue weighted by atomic mass is 32.2. The van der Waals surface area contributed by atoms with E-state index < -0.39 is 72.1 Å². The van der Waals surface area contributed by atoms with E-state index in [1.54, 1.807) is 6.26 Å². The monoisotopic (exact) mass is 520 g/mol. The first-order chi connectivity index (χ1) is 16.3. The Balaban J connectivity index is 5.53. The molecular formula is C19H32N6O9S. The van der Waals surface area contributed by atoms with Crippen LogP contribution in [-0.2, 0) is 33.6 Å². The minimum Gasteiger partial charge on any atom is -0.481 e. The molecule has 0 rings (SSSR count). The number of rotatable bonds is 18. The Morgan fingerprint density at radius 1 is 0.743 bits per heavy atom. The average Bonchev–Trinajstić information content (AvgIpc) is 2.75. The predicted octanol–water partition coefficient (Wildman–Crippen LogP) is -3.39. The zero-order valence-electron chi connectivity index (χ0n) is 19.2. The maximum atomic E-state index is 12.8. The molecule has 0 aliphatic heterocycles. The van der Waals surface area contributed by atoms with E-state index in [0.717, 1.165) is 0 Å². The zero-order valence-corrected chi connectivity index (χ0v) is 20.0. The van der Waals surface area contributed by atoms with Crippen LogP contribution in [-0.4, -0.2) is 87.9 Å². The van der Waals surface area contributed by atoms with Gasteiger partial charge >= 0.3 is 11.9 Å². The van der Waals surface area contributed by atoms with Crippen LogP contribution in [0.1, 0.15) is 38.5 Å². The number of carboxylic acid groups (broad SMARTS) is 2. The second-order valence-electron chi connectivity index (χ2n) is 7.52. The summed E-state index contributed by atoms with van der Waals surface area (Å²) in [5, 5.41) is 25.0. The van der Waals surface area contributed by atoms with Gasteiger partial charge in [0.2, 0.25) is 29.5 Å². The molecule has 0 aromatic rings. The standard InChI is InChI=1S/C19H32N6O9S/c1-35-7-6-11(19(33)34)24-18(32)12(8-15(28)29)25-17(31)10(3-5-14(22)27)23-16(30)9(20)2-4-13(21)26/h9-12H,2-8,20H2,1H3,(H2,21,26)(H2,22,27)(H,23,30)(H,24,32)(H,25,31)(H,28,29)(H,33,34). The lowest BCUT2D eigenvalue weighted by molar-refractivity contribution is -0.143. The van der Waals surface area contributed by atoms with Gasteiger partial charge in [-0.2, -0.15) is 11.8 Å². The molecular weight excluding hydrogens is 488 g/mol. The molecule has 0 heterocycles. The highest BCUT2D eigenvalue weighted by Crippen LogP contribution is 2.05. The maximum Gasteiger partial charge on any atom is 0.326 e. The first-order valence-corrected chi connectivity index (χ1v) is 11.8. The molecule has 0 spiro atoms. The number of nitrogens with one attached hydrogen (secondary N) is 3. The molecule has 0 saturated carbocycles. The molecule has 0 aromatic heterocycles. The zero-order chi connectivity index (χ0) is 27.1. The van der Waals surface area contributed by atoms with Crippen molar-refractivity contribution >= 4 is 53.2 Å². The lowest BCUT2D eigenvalue weighted by Gasteiger charge is -2.24. The van der Waals surface area contributed by atoms with Gasteiger partial charge in [0, 0.05) is 12.8 Å². The van der Waals surface area contributed by atoms with Crippen LogP contribution in [0.3, 0.4) is 0 Å². The maximum absolute atomic E-state index is 12.8. The SMILES string of the molecule is CSCCC(NC(=O)C(CC(=O)O)NC(=O)C(CCC(N)=O)NC(=O)C(N)CCC(N)=O)C(=O)O. The molecule has 0 saturated heterocycles. The van der Waals surface area contributed by atoms with E-state index in [9.17, 15) is 38.7 Å². The second-order valence-corrected chi connectivity index (χ2v) is 8.50. The van der Waals surface area contributed by atoms with E-state index in [2.05, 4.69) is 16.0 Å². The number of primary amides is 2. The lowest BCUT2D eigenvalue weighted by atomic mass is 10.1. The van der Waals surface area contributed by atoms with Crippen LogP contribution in [0.2, 0.25) is 0 Å². The van der Waals surface area contributed by atoms with Gasteiger partial charge in [-0.1, -0.05) is 0 Å². The third-order valence-corrected chi connectivity index (χ3v) is 5.23. The molecule has 0 aliphatic rings. The Hall–Kier alpha value is -3.40. The molecule has 0 aromatic carbocycles. The number of carbonyl (C=O) groups is 7. The van der Waals surface area contributed by atoms with Gasteiger partial charge in [0.15, 0.2) is 0 Å². The van der Waals surface area contributed by atoms with Gasteiger partial charge in [0.1, 0.15) is 18.1 Å². The largest absolute Gasteiger partial charge is 0.481 e. The smallest absolute Gasteiger partial charge is 0.326 e. The summed E-state index contributed by atoms with van der Waals surface area (Å²) in [6.45, 7) is 0. The fourth-order valence-electron chi connectivity index (χ4n) is 2.68. The summed E-state index contributed by atoms with van der Waals surface area (Å²) in [7, 11) is 0. The third-order valence-electron chi connectivity index (χ3n) is 4.59. The number of thioether (sulfide) groups is 1. The van der Waals surface area contributed by atoms with Crippen LogP contribution >= 0.6 is 11.8 Å². The van der Waals surface area contributed by atoms with Gasteiger partial charge in [-0.15, -0.1) is 0 Å². The number of nitrogens with two attached hydrogens (primary N) is 3. The van der Waals surface area contributed by atoms with Crippen molar-refractivity contribution in [3.63, 3.8) is 0 Å². The van der Waals surface area contributed by atoms with E-state index >= 15 is 0 Å². The molecule has 15 nitrogen and oxygen atoms in total. The number of amides is 5. The van der Waals surface area contributed by atoms with Crippen molar-refractivity contribution < 1.29 is 43.8 Å². The molecule has 0 fully saturated rings. The molecule has 0 bridgehead atoms. The Morgan fingerprint density at radius 3 is 1.71 bits per heavy atom. The van der Waals surface area contributed by atoms with Crippen molar-refractivity contribution in [1.29, 1.82) is 0 Å². The van der Waals surface area contributed by atoms with Gasteiger partial charge in [-0.05, 0) is 31.3 Å². The number of hydrogen-bond acceptors (Lipinski definition) is 9. The van der Waals surface area contributed by atoms with Crippen LogP contribution in [0.25, 0.3) is 0 Å². The minimum atomic E-state index is -1.69. The molecule has 11 N–H and O–H groups in total. The summed E-state index contributed by atoms with van der Waals surface area (Å²) >= 11 is 1.34. The van der Waals surface area contributed by atoms with Gasteiger partial charge in [-0.25, -0.2) is 4.79 Å². The van der Waals surface area contributed by atoms with Crippen molar-refractivity contribution in [3.05, 3.63) is 0 Å². The highest BCUT2D eigenvalue weighted by molar-refractivity contribution is 7.98. The quantitative estimate of drug-likeness (QED) is 0.0882. The van der Waals surface area contributed by atoms with Crippen LogP contribution in [0.15, 0.2) is 0 Å². The Morgan fingerprint density at radius 2 is 1.23 bits per heavy atom. The second kappa shape index (κ2) is 16.3. The van der Waals surface area contributed by atoms with Gasteiger partial charge in [-0.3, -0.25) is 28.8 Å². The van der Waals surface area contributed by atoms with Crippen LogP contribution in [0.4, 0.5) is 0 Å². The molecule has 4 atom stereocenters. The first kappa shape index (κ1) is 31.6. The number of aliphatic carboxylic acids is 2. The summed E-state index contributed by atoms with van der Waals surface area (Å²) in [5.74, 6) is -6.87. The Kier molecular flexibility index (Phi) is 14.7. The van der Waals surface area contributed by atoms with Crippen molar-refractivity contribution in [1.82, 2.24) is 16.0 Å². The van der Waals surface area contributed by atoms with Crippen molar-refractivity contribution in [2.45, 2.75) is 62.7 Å². The fraction of sp³-hybridized carbons (Fsp3) is 0.632. The summed E-state index contributed by atoms with van der Waals surface area (Å²) in [5.41, 5.74) is 15.8. The molecule has 4 unspecified atom stereocenters. The van der Waals surface area contributed by atoms with Crippen molar-refractivity contribution in [3.8, 4) is 0 Å². The lowest BCUT2D eigenvalue weighted by Crippen LogP contribution is -2.57. The van der Waals surface area contributed by atoms with E-state index in [4.69, 9.17) is 22.3 Å². The van der Waals surface area contributed by atoms with E-state index in [-0.39, 0.29) is 32.1 Å². The van der Waals surface area contributed by atoms with Gasteiger partial charge in [0.05, 0.1) is 12.5 Å². The normalized spacial score (nSPS) is 14.0. The predicted molar refractivity (Wildman–Crippen MR) is 124 cm³/mol. The summed E-state index contributed by atoms with van der Waals surface area (Å²) in [4.78, 5) is 82.3. The van der Waals surface area contributed by atoms with Gasteiger partial charge < -0.3 is 43.4 Å². The third kappa shape index (κ3) is 13.8. The topological polar surface area (TPSA) is 274 Å². The van der Waals surface area contributed by atoms with Gasteiger partial charge in [0.25, 0.3) is 0 Å². The molecule has 16 heteroatoms. The van der Waals surface area contributed by atoms with E-state index in [1.807, 2.05) is 0 Å². The van der Waals surface area contributed by atoms with Crippen molar-refractivity contribution in [2.24, 2.45) is 17.2 Å². The summed E-state index contributed by atoms with van der Waals surface area (Å²) < 4.78 is 0. The van der Waals surface area contributed by atoms with Crippen molar-refractivity contribution in [2.75, 3.05) is 12.0 Å². The number of hydrogen-bond donors (Lipinski definition) is 8. The first-order valence-electron chi connectivity index (χ1n) is 10.4. The average molecular weight is 521 g/mol. The minimum absolute atomic E-state index is 0.0520. The van der Waals surface area contributed by atoms with Crippen LogP contribution < -0.4 is 33.2 Å². The summed E-state index contributed by atoms with van der Waals surface area (Å²) in [6, 6.07) is -5.67. The fourth-order valence-corrected chi connectivity index (χ4v) is 3.16. The van der Waals surface area contributed by atoms with Crippen LogP contribution in [0.5, 0.6) is 0 Å².